The fraction of sp³-hybridized carbons (Fsp3) is 0.500. The van der Waals surface area contributed by atoms with Crippen LogP contribution in [-0.4, -0.2) is 26.3 Å². The first-order chi connectivity index (χ1) is 9.33. The zero-order valence-corrected chi connectivity index (χ0v) is 11.2. The van der Waals surface area contributed by atoms with E-state index in [1.807, 2.05) is 19.3 Å². The number of aromatic nitrogens is 4. The number of aryl methyl sites for hydroxylation is 2. The summed E-state index contributed by atoms with van der Waals surface area (Å²) in [5.74, 6) is 0.895. The minimum Gasteiger partial charge on any atom is -0.308 e. The maximum absolute atomic E-state index is 4.53. The van der Waals surface area contributed by atoms with Crippen molar-refractivity contribution >= 4 is 0 Å². The highest BCUT2D eigenvalue weighted by Crippen LogP contribution is 2.27. The summed E-state index contributed by atoms with van der Waals surface area (Å²) in [6.07, 6.45) is 8.05. The monoisotopic (exact) mass is 257 g/mol. The van der Waals surface area contributed by atoms with E-state index >= 15 is 0 Å². The minimum absolute atomic E-state index is 0.383. The van der Waals surface area contributed by atoms with Gasteiger partial charge in [0.2, 0.25) is 0 Å². The molecule has 1 unspecified atom stereocenters. The first kappa shape index (κ1) is 12.3. The Morgan fingerprint density at radius 3 is 3.21 bits per heavy atom. The lowest BCUT2D eigenvalue weighted by molar-refractivity contribution is 0.449. The van der Waals surface area contributed by atoms with Crippen molar-refractivity contribution in [1.29, 1.82) is 0 Å². The van der Waals surface area contributed by atoms with Crippen molar-refractivity contribution in [3.8, 4) is 0 Å². The van der Waals surface area contributed by atoms with Gasteiger partial charge >= 0.3 is 0 Å². The molecular formula is C14H19N5. The molecule has 100 valence electrons. The third-order valence-corrected chi connectivity index (χ3v) is 3.58. The molecular weight excluding hydrogens is 238 g/mol. The summed E-state index contributed by atoms with van der Waals surface area (Å²) in [7, 11) is 1.89. The Morgan fingerprint density at radius 2 is 2.37 bits per heavy atom. The topological polar surface area (TPSA) is 55.6 Å². The van der Waals surface area contributed by atoms with E-state index in [-0.39, 0.29) is 0 Å². The van der Waals surface area contributed by atoms with E-state index in [0.717, 1.165) is 25.2 Å². The van der Waals surface area contributed by atoms with Crippen molar-refractivity contribution in [2.45, 2.75) is 31.7 Å². The number of nitrogens with zero attached hydrogens (tertiary/aromatic N) is 4. The van der Waals surface area contributed by atoms with Gasteiger partial charge in [-0.1, -0.05) is 6.07 Å². The molecule has 1 aliphatic rings. The number of pyridine rings is 1. The second kappa shape index (κ2) is 5.48. The number of hydrogen-bond donors (Lipinski definition) is 1. The lowest BCUT2D eigenvalue weighted by Gasteiger charge is -2.25. The van der Waals surface area contributed by atoms with Crippen LogP contribution in [-0.2, 0) is 19.9 Å². The van der Waals surface area contributed by atoms with Crippen LogP contribution in [0.4, 0.5) is 0 Å². The molecule has 0 amide bonds. The molecule has 1 N–H and O–H groups in total. The minimum atomic E-state index is 0.383. The average Bonchev–Trinajstić information content (AvgIpc) is 2.85. The van der Waals surface area contributed by atoms with Gasteiger partial charge in [-0.25, -0.2) is 4.98 Å². The van der Waals surface area contributed by atoms with Crippen molar-refractivity contribution in [3.63, 3.8) is 0 Å². The Bertz CT molecular complexity index is 548. The van der Waals surface area contributed by atoms with Crippen molar-refractivity contribution in [2.24, 2.45) is 7.05 Å². The van der Waals surface area contributed by atoms with E-state index in [0.29, 0.717) is 6.04 Å². The maximum Gasteiger partial charge on any atom is 0.151 e. The number of rotatable bonds is 4. The Kier molecular flexibility index (Phi) is 3.55. The van der Waals surface area contributed by atoms with E-state index in [2.05, 4.69) is 26.4 Å². The zero-order valence-electron chi connectivity index (χ0n) is 11.2. The van der Waals surface area contributed by atoms with Gasteiger partial charge in [0.05, 0.1) is 5.69 Å². The Labute approximate surface area is 113 Å². The van der Waals surface area contributed by atoms with Crippen LogP contribution in [0.2, 0.25) is 0 Å². The number of fused-ring (bicyclic) bond motifs is 1. The van der Waals surface area contributed by atoms with Crippen LogP contribution in [0, 0.1) is 0 Å². The molecule has 0 saturated carbocycles. The van der Waals surface area contributed by atoms with Crippen LogP contribution in [0.15, 0.2) is 24.7 Å². The van der Waals surface area contributed by atoms with Gasteiger partial charge in [-0.05, 0) is 30.9 Å². The fourth-order valence-corrected chi connectivity index (χ4v) is 2.66. The van der Waals surface area contributed by atoms with Gasteiger partial charge in [0.25, 0.3) is 0 Å². The standard InChI is InChI=1S/C14H19N5/c1-19-10-17-13(18-19)7-9-15-12-6-2-4-11-5-3-8-16-14(11)12/h3,5,8,10,12,15H,2,4,6-7,9H2,1H3. The third kappa shape index (κ3) is 2.81. The van der Waals surface area contributed by atoms with Gasteiger partial charge in [-0.2, -0.15) is 5.10 Å². The molecule has 19 heavy (non-hydrogen) atoms. The average molecular weight is 257 g/mol. The van der Waals surface area contributed by atoms with Gasteiger partial charge in [-0.3, -0.25) is 9.67 Å². The van der Waals surface area contributed by atoms with E-state index < -0.39 is 0 Å². The Balaban J connectivity index is 1.59. The maximum atomic E-state index is 4.53. The molecule has 0 saturated heterocycles. The van der Waals surface area contributed by atoms with Crippen LogP contribution in [0.5, 0.6) is 0 Å². The first-order valence-corrected chi connectivity index (χ1v) is 6.84. The van der Waals surface area contributed by atoms with Crippen LogP contribution < -0.4 is 5.32 Å². The highest BCUT2D eigenvalue weighted by molar-refractivity contribution is 5.25. The summed E-state index contributed by atoms with van der Waals surface area (Å²) in [6.45, 7) is 0.894. The van der Waals surface area contributed by atoms with Gasteiger partial charge in [0.1, 0.15) is 6.33 Å². The van der Waals surface area contributed by atoms with Gasteiger partial charge < -0.3 is 5.32 Å². The van der Waals surface area contributed by atoms with Crippen molar-refractivity contribution in [2.75, 3.05) is 6.54 Å². The van der Waals surface area contributed by atoms with Gasteiger partial charge in [-0.15, -0.1) is 0 Å². The molecule has 2 heterocycles. The Morgan fingerprint density at radius 1 is 1.42 bits per heavy atom. The summed E-state index contributed by atoms with van der Waals surface area (Å²) in [5.41, 5.74) is 2.62. The van der Waals surface area contributed by atoms with E-state index in [4.69, 9.17) is 0 Å². The van der Waals surface area contributed by atoms with Crippen LogP contribution >= 0.6 is 0 Å². The summed E-state index contributed by atoms with van der Waals surface area (Å²) in [6, 6.07) is 4.60. The molecule has 0 radical (unpaired) electrons. The highest BCUT2D eigenvalue weighted by atomic mass is 15.3. The smallest absolute Gasteiger partial charge is 0.151 e. The van der Waals surface area contributed by atoms with Crippen LogP contribution in [0.3, 0.4) is 0 Å². The van der Waals surface area contributed by atoms with Crippen molar-refractivity contribution < 1.29 is 0 Å². The van der Waals surface area contributed by atoms with Gasteiger partial charge in [0, 0.05) is 32.3 Å². The molecule has 5 nitrogen and oxygen atoms in total. The highest BCUT2D eigenvalue weighted by Gasteiger charge is 2.20. The molecule has 2 aromatic rings. The quantitative estimate of drug-likeness (QED) is 0.900. The van der Waals surface area contributed by atoms with Crippen LogP contribution in [0.1, 0.15) is 36.0 Å². The predicted molar refractivity (Wildman–Crippen MR) is 72.6 cm³/mol. The molecule has 0 aliphatic heterocycles. The molecule has 0 bridgehead atoms. The lowest BCUT2D eigenvalue weighted by Crippen LogP contribution is -2.28. The number of hydrogen-bond acceptors (Lipinski definition) is 4. The van der Waals surface area contributed by atoms with E-state index in [1.165, 1.54) is 24.1 Å². The predicted octanol–water partition coefficient (Wildman–Crippen LogP) is 1.42. The van der Waals surface area contributed by atoms with Crippen molar-refractivity contribution in [3.05, 3.63) is 41.7 Å². The molecule has 3 rings (SSSR count). The molecule has 5 heteroatoms. The number of nitrogens with one attached hydrogen (secondary N) is 1. The summed E-state index contributed by atoms with van der Waals surface area (Å²) < 4.78 is 1.74. The zero-order chi connectivity index (χ0) is 13.1. The lowest BCUT2D eigenvalue weighted by atomic mass is 9.92. The summed E-state index contributed by atoms with van der Waals surface area (Å²) in [4.78, 5) is 8.77. The first-order valence-electron chi connectivity index (χ1n) is 6.84. The van der Waals surface area contributed by atoms with E-state index in [1.54, 1.807) is 11.0 Å². The molecule has 0 fully saturated rings. The molecule has 1 aliphatic carbocycles. The Hall–Kier alpha value is -1.75. The second-order valence-corrected chi connectivity index (χ2v) is 5.03. The second-order valence-electron chi connectivity index (χ2n) is 5.03. The molecule has 2 aromatic heterocycles. The molecule has 0 spiro atoms. The fourth-order valence-electron chi connectivity index (χ4n) is 2.66. The molecule has 0 aromatic carbocycles. The van der Waals surface area contributed by atoms with Crippen LogP contribution in [0.25, 0.3) is 0 Å². The summed E-state index contributed by atoms with van der Waals surface area (Å²) >= 11 is 0. The largest absolute Gasteiger partial charge is 0.308 e. The van der Waals surface area contributed by atoms with Gasteiger partial charge in [0.15, 0.2) is 5.82 Å². The van der Waals surface area contributed by atoms with Crippen molar-refractivity contribution in [1.82, 2.24) is 25.1 Å². The third-order valence-electron chi connectivity index (χ3n) is 3.58. The SMILES string of the molecule is Cn1cnc(CCNC2CCCc3cccnc32)n1. The molecule has 1 atom stereocenters. The normalized spacial score (nSPS) is 18.3. The van der Waals surface area contributed by atoms with E-state index in [9.17, 15) is 0 Å². The summed E-state index contributed by atoms with van der Waals surface area (Å²) in [5, 5.41) is 7.87.